The molecule has 0 bridgehead atoms. The lowest BCUT2D eigenvalue weighted by Crippen LogP contribution is -2.33. The van der Waals surface area contributed by atoms with Gasteiger partial charge in [0.15, 0.2) is 5.78 Å². The van der Waals surface area contributed by atoms with Gasteiger partial charge in [0, 0.05) is 15.6 Å². The van der Waals surface area contributed by atoms with E-state index in [9.17, 15) is 14.4 Å². The van der Waals surface area contributed by atoms with Crippen LogP contribution in [-0.4, -0.2) is 29.4 Å². The Labute approximate surface area is 157 Å². The number of carbonyl (C=O) groups excluding carboxylic acids is 3. The van der Waals surface area contributed by atoms with E-state index < -0.39 is 17.9 Å². The molecule has 4 rings (SSSR count). The Hall–Kier alpha value is -2.80. The predicted octanol–water partition coefficient (Wildman–Crippen LogP) is 2.94. The average molecular weight is 413 g/mol. The topological polar surface area (TPSA) is 76.0 Å². The number of amides is 2. The van der Waals surface area contributed by atoms with Crippen LogP contribution in [0.2, 0.25) is 0 Å². The van der Waals surface area contributed by atoms with Crippen molar-refractivity contribution in [1.29, 1.82) is 0 Å². The minimum Gasteiger partial charge on any atom is -0.381 e. The summed E-state index contributed by atoms with van der Waals surface area (Å²) in [5, 5.41) is 3.97. The van der Waals surface area contributed by atoms with Crippen LogP contribution in [0.3, 0.4) is 0 Å². The van der Waals surface area contributed by atoms with E-state index in [2.05, 4.69) is 21.1 Å². The molecule has 2 aliphatic rings. The van der Waals surface area contributed by atoms with Crippen LogP contribution >= 0.6 is 15.9 Å². The number of nitrogens with zero attached hydrogens (tertiary/aromatic N) is 2. The number of ketones is 1. The van der Waals surface area contributed by atoms with E-state index in [0.717, 1.165) is 14.9 Å². The Bertz CT molecular complexity index is 951. The first-order valence-corrected chi connectivity index (χ1v) is 8.75. The number of hydrogen-bond donors (Lipinski definition) is 0. The summed E-state index contributed by atoms with van der Waals surface area (Å²) in [5.74, 6) is -1.68. The van der Waals surface area contributed by atoms with Crippen molar-refractivity contribution in [2.24, 2.45) is 11.1 Å². The molecule has 0 spiro atoms. The number of benzene rings is 2. The van der Waals surface area contributed by atoms with Crippen LogP contribution in [0.25, 0.3) is 0 Å². The van der Waals surface area contributed by atoms with Crippen LogP contribution in [0, 0.1) is 5.92 Å². The van der Waals surface area contributed by atoms with Crippen molar-refractivity contribution >= 4 is 44.9 Å². The van der Waals surface area contributed by atoms with Crippen molar-refractivity contribution in [3.63, 3.8) is 0 Å². The minimum absolute atomic E-state index is 0.0829. The number of carbonyl (C=O) groups is 3. The highest BCUT2D eigenvalue weighted by Crippen LogP contribution is 2.35. The van der Waals surface area contributed by atoms with E-state index in [1.165, 1.54) is 6.92 Å². The van der Waals surface area contributed by atoms with Crippen LogP contribution in [0.15, 0.2) is 58.2 Å². The van der Waals surface area contributed by atoms with Gasteiger partial charge in [0.2, 0.25) is 12.0 Å². The third kappa shape index (κ3) is 2.55. The monoisotopic (exact) mass is 412 g/mol. The molecule has 0 aliphatic carbocycles. The maximum atomic E-state index is 12.9. The zero-order valence-electron chi connectivity index (χ0n) is 13.7. The first-order chi connectivity index (χ1) is 12.5. The molecule has 0 N–H and O–H groups in total. The number of halogens is 1. The smallest absolute Gasteiger partial charge is 0.278 e. The summed E-state index contributed by atoms with van der Waals surface area (Å²) < 4.78 is 0.901. The third-order valence-corrected chi connectivity index (χ3v) is 5.01. The second kappa shape index (κ2) is 6.17. The fourth-order valence-corrected chi connectivity index (χ4v) is 3.40. The molecule has 6 nitrogen and oxygen atoms in total. The molecule has 7 heteroatoms. The van der Waals surface area contributed by atoms with Crippen LogP contribution in [0.4, 0.5) is 5.69 Å². The first-order valence-electron chi connectivity index (χ1n) is 7.96. The summed E-state index contributed by atoms with van der Waals surface area (Å²) in [4.78, 5) is 43.4. The average Bonchev–Trinajstić information content (AvgIpc) is 3.17. The summed E-state index contributed by atoms with van der Waals surface area (Å²) in [7, 11) is 0. The van der Waals surface area contributed by atoms with Crippen LogP contribution < -0.4 is 4.90 Å². The van der Waals surface area contributed by atoms with E-state index in [0.29, 0.717) is 17.0 Å². The summed E-state index contributed by atoms with van der Waals surface area (Å²) >= 11 is 3.36. The molecular weight excluding hydrogens is 400 g/mol. The van der Waals surface area contributed by atoms with Crippen molar-refractivity contribution in [2.45, 2.75) is 13.0 Å². The maximum Gasteiger partial charge on any atom is 0.278 e. The molecule has 2 aromatic rings. The van der Waals surface area contributed by atoms with Gasteiger partial charge in [-0.2, -0.15) is 0 Å². The van der Waals surface area contributed by atoms with Crippen molar-refractivity contribution in [2.75, 3.05) is 4.90 Å². The van der Waals surface area contributed by atoms with Crippen molar-refractivity contribution in [1.82, 2.24) is 0 Å². The van der Waals surface area contributed by atoms with Crippen molar-refractivity contribution in [3.05, 3.63) is 64.1 Å². The number of oxime groups is 1. The fourth-order valence-electron chi connectivity index (χ4n) is 3.14. The quantitative estimate of drug-likeness (QED) is 0.573. The first kappa shape index (κ1) is 16.7. The molecule has 2 aromatic carbocycles. The SMILES string of the molecule is CC(=O)c1ccc(N2C(=O)C3ON=C(c4ccc(Br)cc4)C3C2=O)cc1. The lowest BCUT2D eigenvalue weighted by molar-refractivity contribution is -0.126. The molecule has 2 unspecified atom stereocenters. The molecule has 0 radical (unpaired) electrons. The number of fused-ring (bicyclic) bond motifs is 1. The van der Waals surface area contributed by atoms with Gasteiger partial charge in [-0.3, -0.25) is 14.4 Å². The Balaban J connectivity index is 1.66. The van der Waals surface area contributed by atoms with E-state index >= 15 is 0 Å². The normalized spacial score (nSPS) is 21.5. The second-order valence-electron chi connectivity index (χ2n) is 6.10. The van der Waals surface area contributed by atoms with Crippen molar-refractivity contribution in [3.8, 4) is 0 Å². The van der Waals surface area contributed by atoms with Crippen molar-refractivity contribution < 1.29 is 19.2 Å². The molecule has 2 amide bonds. The third-order valence-electron chi connectivity index (χ3n) is 4.48. The highest BCUT2D eigenvalue weighted by molar-refractivity contribution is 9.10. The van der Waals surface area contributed by atoms with Gasteiger partial charge in [-0.25, -0.2) is 4.90 Å². The molecule has 1 fully saturated rings. The molecule has 0 aromatic heterocycles. The summed E-state index contributed by atoms with van der Waals surface area (Å²) in [6.45, 7) is 1.46. The number of rotatable bonds is 3. The van der Waals surface area contributed by atoms with E-state index in [4.69, 9.17) is 4.84 Å². The van der Waals surface area contributed by atoms with Gasteiger partial charge in [-0.15, -0.1) is 0 Å². The van der Waals surface area contributed by atoms with Crippen LogP contribution in [0.1, 0.15) is 22.8 Å². The molecule has 2 heterocycles. The molecule has 1 saturated heterocycles. The lowest BCUT2D eigenvalue weighted by atomic mass is 9.94. The molecule has 0 saturated carbocycles. The Kier molecular flexibility index (Phi) is 3.96. The zero-order valence-corrected chi connectivity index (χ0v) is 15.3. The van der Waals surface area contributed by atoms with Crippen LogP contribution in [-0.2, 0) is 14.4 Å². The van der Waals surface area contributed by atoms with Gasteiger partial charge < -0.3 is 4.84 Å². The highest BCUT2D eigenvalue weighted by atomic mass is 79.9. The number of anilines is 1. The molecule has 130 valence electrons. The summed E-state index contributed by atoms with van der Waals surface area (Å²) in [5.41, 5.74) is 2.11. The van der Waals surface area contributed by atoms with E-state index in [1.807, 2.05) is 24.3 Å². The standard InChI is InChI=1S/C19H13BrN2O4/c1-10(23)11-4-8-14(9-5-11)22-18(24)15-16(21-26-17(15)19(22)25)12-2-6-13(20)7-3-12/h2-9,15,17H,1H3. The Morgan fingerprint density at radius 2 is 1.69 bits per heavy atom. The van der Waals surface area contributed by atoms with Gasteiger partial charge in [0.25, 0.3) is 5.91 Å². The second-order valence-corrected chi connectivity index (χ2v) is 7.02. The fraction of sp³-hybridized carbons (Fsp3) is 0.158. The van der Waals surface area contributed by atoms with Gasteiger partial charge in [-0.1, -0.05) is 33.2 Å². The number of Topliss-reactive ketones (excluding diaryl/α,β-unsaturated/α-hetero) is 1. The highest BCUT2D eigenvalue weighted by Gasteiger charge is 2.56. The van der Waals surface area contributed by atoms with Gasteiger partial charge in [0.1, 0.15) is 11.6 Å². The van der Waals surface area contributed by atoms with Gasteiger partial charge in [-0.05, 0) is 43.3 Å². The van der Waals surface area contributed by atoms with Gasteiger partial charge in [0.05, 0.1) is 5.69 Å². The summed E-state index contributed by atoms with van der Waals surface area (Å²) in [6.07, 6.45) is -0.950. The molecule has 2 atom stereocenters. The molecule has 2 aliphatic heterocycles. The lowest BCUT2D eigenvalue weighted by Gasteiger charge is -2.15. The Morgan fingerprint density at radius 1 is 1.04 bits per heavy atom. The Morgan fingerprint density at radius 3 is 2.31 bits per heavy atom. The van der Waals surface area contributed by atoms with Crippen LogP contribution in [0.5, 0.6) is 0 Å². The number of hydrogen-bond acceptors (Lipinski definition) is 5. The zero-order chi connectivity index (χ0) is 18.4. The predicted molar refractivity (Wildman–Crippen MR) is 98.0 cm³/mol. The number of imide groups is 1. The van der Waals surface area contributed by atoms with E-state index in [1.54, 1.807) is 24.3 Å². The molecule has 26 heavy (non-hydrogen) atoms. The minimum atomic E-state index is -0.950. The molecular formula is C19H13BrN2O4. The largest absolute Gasteiger partial charge is 0.381 e. The maximum absolute atomic E-state index is 12.9. The van der Waals surface area contributed by atoms with Gasteiger partial charge >= 0.3 is 0 Å². The van der Waals surface area contributed by atoms with E-state index in [-0.39, 0.29) is 11.7 Å². The summed E-state index contributed by atoms with van der Waals surface area (Å²) in [6, 6.07) is 13.7.